The highest BCUT2D eigenvalue weighted by Gasteiger charge is 2.35. The molecule has 13 nitrogen and oxygen atoms in total. The minimum Gasteiger partial charge on any atom is -0.495 e. The summed E-state index contributed by atoms with van der Waals surface area (Å²) in [4.78, 5) is -2.68. The van der Waals surface area contributed by atoms with Crippen LogP contribution in [0.4, 0.5) is 35.1 Å². The number of hydrogen-bond acceptors (Lipinski definition) is 12. The molecule has 0 bridgehead atoms. The molecule has 0 aliphatic rings. The second-order valence-electron chi connectivity index (χ2n) is 13.3. The Morgan fingerprint density at radius 1 is 0.492 bits per heavy atom. The Morgan fingerprint density at radius 2 is 0.892 bits per heavy atom. The zero-order valence-corrected chi connectivity index (χ0v) is 36.1. The first-order valence-corrected chi connectivity index (χ1v) is 23.5. The molecule has 6 aromatic carbocycles. The molecule has 0 atom stereocenters. The normalized spacial score (nSPS) is 12.3. The number of sulfone groups is 2. The smallest absolute Gasteiger partial charge is 0.300 e. The van der Waals surface area contributed by atoms with Gasteiger partial charge in [-0.2, -0.15) is 25.6 Å². The van der Waals surface area contributed by atoms with Gasteiger partial charge in [-0.25, -0.2) is 43.2 Å². The third kappa shape index (κ3) is 9.24. The van der Waals surface area contributed by atoms with Gasteiger partial charge >= 0.3 is 0 Å². The number of halogens is 8. The van der Waals surface area contributed by atoms with Crippen LogP contribution in [0.3, 0.4) is 0 Å². The van der Waals surface area contributed by atoms with Crippen LogP contribution in [0, 0.1) is 53.5 Å². The molecule has 0 spiro atoms. The molecule has 344 valence electrons. The van der Waals surface area contributed by atoms with Crippen molar-refractivity contribution in [1.29, 1.82) is 0 Å². The first-order valence-electron chi connectivity index (χ1n) is 17.6. The maximum absolute atomic E-state index is 15.0. The lowest BCUT2D eigenvalue weighted by Crippen LogP contribution is -2.09. The molecule has 0 saturated carbocycles. The van der Waals surface area contributed by atoms with Gasteiger partial charge in [0.1, 0.15) is 33.6 Å². The minimum absolute atomic E-state index is 0.151. The molecule has 0 aliphatic carbocycles. The molecule has 0 fully saturated rings. The lowest BCUT2D eigenvalue weighted by atomic mass is 9.99. The van der Waals surface area contributed by atoms with E-state index in [2.05, 4.69) is 4.18 Å². The van der Waals surface area contributed by atoms with Gasteiger partial charge in [-0.15, -0.1) is 0 Å². The quantitative estimate of drug-likeness (QED) is 0.0472. The number of benzene rings is 6. The van der Waals surface area contributed by atoms with Crippen LogP contribution in [0.2, 0.25) is 0 Å². The van der Waals surface area contributed by atoms with Crippen LogP contribution in [0.1, 0.15) is 11.1 Å². The van der Waals surface area contributed by atoms with Gasteiger partial charge < -0.3 is 14.2 Å². The van der Waals surface area contributed by atoms with E-state index >= 15 is 17.6 Å². The first kappa shape index (κ1) is 48.3. The monoisotopic (exact) mass is 994 g/mol. The fraction of sp³-hybridized carbons (Fsp3) is 0.100. The molecule has 0 saturated heterocycles. The van der Waals surface area contributed by atoms with E-state index in [-0.39, 0.29) is 17.2 Å². The summed E-state index contributed by atoms with van der Waals surface area (Å²) in [6, 6.07) is 13.1. The van der Waals surface area contributed by atoms with Crippen molar-refractivity contribution in [2.75, 3.05) is 14.2 Å². The zero-order valence-electron chi connectivity index (χ0n) is 32.8. The molecular weight excluding hydrogens is 969 g/mol. The highest BCUT2D eigenvalue weighted by Crippen LogP contribution is 2.42. The molecule has 0 radical (unpaired) electrons. The molecule has 0 heterocycles. The van der Waals surface area contributed by atoms with Crippen molar-refractivity contribution in [2.24, 2.45) is 0 Å². The zero-order chi connectivity index (χ0) is 48.1. The summed E-state index contributed by atoms with van der Waals surface area (Å²) in [6.45, 7) is 0.595. The van der Waals surface area contributed by atoms with Crippen molar-refractivity contribution in [3.8, 4) is 39.9 Å². The van der Waals surface area contributed by atoms with Crippen molar-refractivity contribution in [3.63, 3.8) is 0 Å². The predicted octanol–water partition coefficient (Wildman–Crippen LogP) is 8.76. The summed E-state index contributed by atoms with van der Waals surface area (Å²) in [5, 5.41) is 0. The fourth-order valence-corrected chi connectivity index (χ4v) is 10.2. The van der Waals surface area contributed by atoms with Gasteiger partial charge in [-0.05, 0) is 91.9 Å². The van der Waals surface area contributed by atoms with Crippen molar-refractivity contribution in [3.05, 3.63) is 143 Å². The molecular formula is C40H26F8O13S4. The standard InChI is InChI=1S/C40H26F8O13S4/c1-19-32(41)34(43)30(35(44)33(19)42)31-36(45)38(47)40(39(48)37(31)46)61-22-6-10-24(11-7-22)63(52,53)23-8-4-21(5-9-23)60-27-14-12-25(16-20(27)18-62(49,50)51)64(54,55)26-13-15-28(58-2)29(17-26)65(56,57)59-3/h4-17H,18H2,1-3H3,(H,49,50,51). The van der Waals surface area contributed by atoms with Gasteiger partial charge in [-0.3, -0.25) is 8.74 Å². The van der Waals surface area contributed by atoms with Crippen LogP contribution in [0.5, 0.6) is 28.7 Å². The van der Waals surface area contributed by atoms with Gasteiger partial charge in [0.15, 0.2) is 34.9 Å². The summed E-state index contributed by atoms with van der Waals surface area (Å²) < 4.78 is 250. The second-order valence-corrected chi connectivity index (χ2v) is 20.3. The minimum atomic E-state index is -4.86. The van der Waals surface area contributed by atoms with Crippen molar-refractivity contribution >= 4 is 39.9 Å². The van der Waals surface area contributed by atoms with Crippen LogP contribution in [0.15, 0.2) is 109 Å². The van der Waals surface area contributed by atoms with Crippen LogP contribution >= 0.6 is 0 Å². The van der Waals surface area contributed by atoms with Crippen LogP contribution in [-0.2, 0) is 49.8 Å². The van der Waals surface area contributed by atoms with Gasteiger partial charge in [0.2, 0.25) is 37.1 Å². The third-order valence-corrected chi connectivity index (χ3v) is 14.8. The SMILES string of the molecule is COc1ccc(S(=O)(=O)c2ccc(Oc3ccc(S(=O)(=O)c4ccc(Oc5c(F)c(F)c(-c6c(F)c(F)c(C)c(F)c6F)c(F)c5F)cc4)cc3)c(CS(=O)(=O)O)c2)cc1S(=O)(=O)OC. The summed E-state index contributed by atoms with van der Waals surface area (Å²) in [6.07, 6.45) is 0. The average molecular weight is 995 g/mol. The number of hydrogen-bond donors (Lipinski definition) is 1. The lowest BCUT2D eigenvalue weighted by Gasteiger charge is -2.15. The second kappa shape index (κ2) is 17.7. The largest absolute Gasteiger partial charge is 0.495 e. The van der Waals surface area contributed by atoms with Crippen molar-refractivity contribution in [2.45, 2.75) is 37.2 Å². The Bertz CT molecular complexity index is 3310. The van der Waals surface area contributed by atoms with Crippen LogP contribution in [0.25, 0.3) is 11.1 Å². The van der Waals surface area contributed by atoms with E-state index < -0.39 is 150 Å². The van der Waals surface area contributed by atoms with Gasteiger partial charge in [-0.1, -0.05) is 0 Å². The topological polar surface area (TPSA) is 194 Å². The van der Waals surface area contributed by atoms with E-state index in [4.69, 9.17) is 14.2 Å². The summed E-state index contributed by atoms with van der Waals surface area (Å²) in [5.41, 5.74) is -5.82. The van der Waals surface area contributed by atoms with Gasteiger partial charge in [0.05, 0.1) is 44.9 Å². The van der Waals surface area contributed by atoms with Crippen LogP contribution < -0.4 is 14.2 Å². The summed E-state index contributed by atoms with van der Waals surface area (Å²) in [7, 11) is -16.4. The average Bonchev–Trinajstić information content (AvgIpc) is 3.27. The Hall–Kier alpha value is -6.12. The molecule has 65 heavy (non-hydrogen) atoms. The fourth-order valence-electron chi connectivity index (χ4n) is 6.01. The molecule has 0 amide bonds. The van der Waals surface area contributed by atoms with E-state index in [9.17, 15) is 55.8 Å². The molecule has 0 unspecified atom stereocenters. The van der Waals surface area contributed by atoms with E-state index in [0.717, 1.165) is 99.1 Å². The maximum atomic E-state index is 15.0. The first-order chi connectivity index (χ1) is 30.2. The molecule has 25 heteroatoms. The highest BCUT2D eigenvalue weighted by atomic mass is 32.2. The molecule has 0 aliphatic heterocycles. The molecule has 6 rings (SSSR count). The highest BCUT2D eigenvalue weighted by molar-refractivity contribution is 7.92. The number of methoxy groups -OCH3 is 1. The van der Waals surface area contributed by atoms with E-state index in [1.165, 1.54) is 0 Å². The Balaban J connectivity index is 1.25. The van der Waals surface area contributed by atoms with Crippen molar-refractivity contribution in [1.82, 2.24) is 0 Å². The van der Waals surface area contributed by atoms with E-state index in [1.54, 1.807) is 0 Å². The molecule has 0 aromatic heterocycles. The van der Waals surface area contributed by atoms with E-state index in [1.807, 2.05) is 0 Å². The van der Waals surface area contributed by atoms with Crippen LogP contribution in [-0.4, -0.2) is 52.4 Å². The number of ether oxygens (including phenoxy) is 3. The molecule has 1 N–H and O–H groups in total. The van der Waals surface area contributed by atoms with Gasteiger partial charge in [0, 0.05) is 11.1 Å². The van der Waals surface area contributed by atoms with E-state index in [0.29, 0.717) is 6.92 Å². The Morgan fingerprint density at radius 3 is 1.34 bits per heavy atom. The van der Waals surface area contributed by atoms with Gasteiger partial charge in [0.25, 0.3) is 20.2 Å². The summed E-state index contributed by atoms with van der Waals surface area (Å²) in [5.74, 6) is -23.0. The lowest BCUT2D eigenvalue weighted by molar-refractivity contribution is 0.366. The Labute approximate surface area is 364 Å². The molecule has 6 aromatic rings. The third-order valence-electron chi connectivity index (χ3n) is 9.29. The number of rotatable bonds is 14. The predicted molar refractivity (Wildman–Crippen MR) is 209 cm³/mol. The maximum Gasteiger partial charge on any atom is 0.300 e. The van der Waals surface area contributed by atoms with Crippen molar-refractivity contribution < 1.29 is 91.7 Å². The summed E-state index contributed by atoms with van der Waals surface area (Å²) >= 11 is 0. The Kier molecular flexibility index (Phi) is 13.2.